The predicted molar refractivity (Wildman–Crippen MR) is 76.6 cm³/mol. The van der Waals surface area contributed by atoms with Crippen molar-refractivity contribution in [1.29, 1.82) is 0 Å². The lowest BCUT2D eigenvalue weighted by molar-refractivity contribution is -0.122. The van der Waals surface area contributed by atoms with Crippen LogP contribution >= 0.6 is 0 Å². The summed E-state index contributed by atoms with van der Waals surface area (Å²) in [7, 11) is -3.87. The Bertz CT molecular complexity index is 650. The molecule has 1 aromatic rings. The number of aryl methyl sites for hydroxylation is 2. The van der Waals surface area contributed by atoms with Crippen molar-refractivity contribution < 1.29 is 17.6 Å². The van der Waals surface area contributed by atoms with E-state index in [4.69, 9.17) is 5.73 Å². The van der Waals surface area contributed by atoms with Gasteiger partial charge in [-0.2, -0.15) is 4.31 Å². The molecule has 2 rings (SSSR count). The number of amides is 1. The summed E-state index contributed by atoms with van der Waals surface area (Å²) in [6.45, 7) is 3.35. The van der Waals surface area contributed by atoms with Gasteiger partial charge in [-0.15, -0.1) is 0 Å². The van der Waals surface area contributed by atoms with Crippen LogP contribution in [0, 0.1) is 19.7 Å². The first kappa shape index (κ1) is 15.9. The molecule has 0 aromatic heterocycles. The number of halogens is 1. The molecule has 0 radical (unpaired) electrons. The minimum atomic E-state index is -3.87. The molecule has 0 bridgehead atoms. The molecule has 1 heterocycles. The highest BCUT2D eigenvalue weighted by Crippen LogP contribution is 2.29. The van der Waals surface area contributed by atoms with E-state index in [1.807, 2.05) is 0 Å². The molecular weight excluding hydrogens is 295 g/mol. The van der Waals surface area contributed by atoms with Crippen LogP contribution in [0.15, 0.2) is 17.0 Å². The Balaban J connectivity index is 2.53. The highest BCUT2D eigenvalue weighted by Gasteiger charge is 2.37. The maximum Gasteiger partial charge on any atom is 0.244 e. The molecule has 7 heteroatoms. The normalized spacial score (nSPS) is 20.4. The Kier molecular flexibility index (Phi) is 4.34. The predicted octanol–water partition coefficient (Wildman–Crippen LogP) is 1.47. The number of hydrogen-bond acceptors (Lipinski definition) is 3. The van der Waals surface area contributed by atoms with Gasteiger partial charge in [-0.3, -0.25) is 4.79 Å². The van der Waals surface area contributed by atoms with Crippen LogP contribution < -0.4 is 5.73 Å². The first-order valence-corrected chi connectivity index (χ1v) is 8.27. The van der Waals surface area contributed by atoms with Crippen molar-refractivity contribution in [3.8, 4) is 0 Å². The average Bonchev–Trinajstić information content (AvgIpc) is 2.37. The number of rotatable bonds is 3. The zero-order chi connectivity index (χ0) is 15.8. The van der Waals surface area contributed by atoms with Gasteiger partial charge in [0.05, 0.1) is 4.90 Å². The zero-order valence-corrected chi connectivity index (χ0v) is 12.9. The number of hydrogen-bond donors (Lipinski definition) is 1. The summed E-state index contributed by atoms with van der Waals surface area (Å²) in [5, 5.41) is 0. The van der Waals surface area contributed by atoms with Crippen molar-refractivity contribution in [2.45, 2.75) is 44.0 Å². The number of carbonyl (C=O) groups excluding carboxylic acids is 1. The Labute approximate surface area is 124 Å². The first-order valence-electron chi connectivity index (χ1n) is 6.83. The fraction of sp³-hybridized carbons (Fsp3) is 0.500. The second kappa shape index (κ2) is 5.73. The highest BCUT2D eigenvalue weighted by molar-refractivity contribution is 7.89. The van der Waals surface area contributed by atoms with Crippen LogP contribution in [0.25, 0.3) is 0 Å². The van der Waals surface area contributed by atoms with Crippen LogP contribution in [-0.2, 0) is 14.8 Å². The van der Waals surface area contributed by atoms with Gasteiger partial charge >= 0.3 is 0 Å². The summed E-state index contributed by atoms with van der Waals surface area (Å²) in [5.41, 5.74) is 6.00. The molecule has 0 spiro atoms. The van der Waals surface area contributed by atoms with Crippen molar-refractivity contribution in [2.75, 3.05) is 6.54 Å². The number of carbonyl (C=O) groups is 1. The number of nitrogens with zero attached hydrogens (tertiary/aromatic N) is 1. The lowest BCUT2D eigenvalue weighted by Crippen LogP contribution is -2.50. The minimum absolute atomic E-state index is 0.0667. The molecule has 5 nitrogen and oxygen atoms in total. The van der Waals surface area contributed by atoms with E-state index in [1.165, 1.54) is 12.1 Å². The molecule has 1 aliphatic rings. The molecule has 1 amide bonds. The fourth-order valence-corrected chi connectivity index (χ4v) is 4.98. The molecular formula is C14H19FN2O3S. The van der Waals surface area contributed by atoms with Crippen molar-refractivity contribution >= 4 is 15.9 Å². The fourth-order valence-electron chi connectivity index (χ4n) is 2.90. The first-order chi connectivity index (χ1) is 9.75. The van der Waals surface area contributed by atoms with Crippen molar-refractivity contribution in [3.63, 3.8) is 0 Å². The summed E-state index contributed by atoms with van der Waals surface area (Å²) >= 11 is 0. The van der Waals surface area contributed by atoms with Crippen molar-refractivity contribution in [1.82, 2.24) is 4.31 Å². The molecule has 1 aromatic carbocycles. The van der Waals surface area contributed by atoms with E-state index in [0.717, 1.165) is 10.7 Å². The van der Waals surface area contributed by atoms with Crippen LogP contribution in [0.3, 0.4) is 0 Å². The van der Waals surface area contributed by atoms with E-state index in [0.29, 0.717) is 24.0 Å². The number of nitrogens with two attached hydrogens (primary N) is 1. The van der Waals surface area contributed by atoms with Gasteiger partial charge in [-0.1, -0.05) is 6.42 Å². The molecule has 1 saturated heterocycles. The van der Waals surface area contributed by atoms with Gasteiger partial charge in [0, 0.05) is 6.54 Å². The average molecular weight is 314 g/mol. The van der Waals surface area contributed by atoms with Gasteiger partial charge in [0.2, 0.25) is 15.9 Å². The number of benzene rings is 1. The van der Waals surface area contributed by atoms with Gasteiger partial charge < -0.3 is 5.73 Å². The maximum absolute atomic E-state index is 13.4. The molecule has 1 unspecified atom stereocenters. The zero-order valence-electron chi connectivity index (χ0n) is 12.1. The quantitative estimate of drug-likeness (QED) is 0.917. The lowest BCUT2D eigenvalue weighted by Gasteiger charge is -2.33. The second-order valence-electron chi connectivity index (χ2n) is 5.40. The van der Waals surface area contributed by atoms with Gasteiger partial charge in [0.25, 0.3) is 0 Å². The molecule has 1 fully saturated rings. The minimum Gasteiger partial charge on any atom is -0.368 e. The Hall–Kier alpha value is -1.47. The largest absolute Gasteiger partial charge is 0.368 e. The molecule has 0 saturated carbocycles. The lowest BCUT2D eigenvalue weighted by atomic mass is 10.0. The van der Waals surface area contributed by atoms with Crippen molar-refractivity contribution in [2.24, 2.45) is 5.73 Å². The van der Waals surface area contributed by atoms with Gasteiger partial charge in [0.1, 0.15) is 11.9 Å². The number of sulfonamides is 1. The molecule has 21 heavy (non-hydrogen) atoms. The Morgan fingerprint density at radius 1 is 1.29 bits per heavy atom. The Morgan fingerprint density at radius 2 is 1.86 bits per heavy atom. The van der Waals surface area contributed by atoms with Gasteiger partial charge in [-0.05, 0) is 49.9 Å². The van der Waals surface area contributed by atoms with Crippen LogP contribution in [0.5, 0.6) is 0 Å². The SMILES string of the molecule is Cc1cc(F)cc(C)c1S(=O)(=O)N1CCCCC1C(N)=O. The summed E-state index contributed by atoms with van der Waals surface area (Å²) in [6, 6.07) is 1.54. The molecule has 1 aliphatic heterocycles. The van der Waals surface area contributed by atoms with E-state index in [-0.39, 0.29) is 11.4 Å². The van der Waals surface area contributed by atoms with E-state index in [2.05, 4.69) is 0 Å². The summed E-state index contributed by atoms with van der Waals surface area (Å²) in [5.74, 6) is -1.12. The van der Waals surface area contributed by atoms with Crippen LogP contribution in [-0.4, -0.2) is 31.2 Å². The standard InChI is InChI=1S/C14H19FN2O3S/c1-9-7-11(15)8-10(2)13(9)21(19,20)17-6-4-3-5-12(17)14(16)18/h7-8,12H,3-6H2,1-2H3,(H2,16,18). The van der Waals surface area contributed by atoms with Gasteiger partial charge in [-0.25, -0.2) is 12.8 Å². The third-order valence-electron chi connectivity index (χ3n) is 3.77. The van der Waals surface area contributed by atoms with Crippen molar-refractivity contribution in [3.05, 3.63) is 29.1 Å². The smallest absolute Gasteiger partial charge is 0.244 e. The molecule has 116 valence electrons. The van der Waals surface area contributed by atoms with Crippen LogP contribution in [0.2, 0.25) is 0 Å². The Morgan fingerprint density at radius 3 is 2.38 bits per heavy atom. The molecule has 0 aliphatic carbocycles. The third kappa shape index (κ3) is 2.94. The summed E-state index contributed by atoms with van der Waals surface area (Å²) in [6.07, 6.45) is 1.87. The second-order valence-corrected chi connectivity index (χ2v) is 7.23. The third-order valence-corrected chi connectivity index (χ3v) is 5.99. The summed E-state index contributed by atoms with van der Waals surface area (Å²) in [4.78, 5) is 11.6. The van der Waals surface area contributed by atoms with Crippen LogP contribution in [0.4, 0.5) is 4.39 Å². The monoisotopic (exact) mass is 314 g/mol. The number of primary amides is 1. The maximum atomic E-state index is 13.4. The van der Waals surface area contributed by atoms with E-state index < -0.39 is 27.8 Å². The van der Waals surface area contributed by atoms with Gasteiger partial charge in [0.15, 0.2) is 0 Å². The molecule has 2 N–H and O–H groups in total. The van der Waals surface area contributed by atoms with Crippen LogP contribution in [0.1, 0.15) is 30.4 Å². The summed E-state index contributed by atoms with van der Waals surface area (Å²) < 4.78 is 40.2. The highest BCUT2D eigenvalue weighted by atomic mass is 32.2. The van der Waals surface area contributed by atoms with E-state index in [1.54, 1.807) is 13.8 Å². The molecule has 1 atom stereocenters. The van der Waals surface area contributed by atoms with E-state index in [9.17, 15) is 17.6 Å². The number of piperidine rings is 1. The topological polar surface area (TPSA) is 80.5 Å². The van der Waals surface area contributed by atoms with E-state index >= 15 is 0 Å².